The quantitative estimate of drug-likeness (QED) is 0.690. The van der Waals surface area contributed by atoms with Crippen LogP contribution in [0.5, 0.6) is 5.75 Å². The van der Waals surface area contributed by atoms with E-state index >= 15 is 0 Å². The van der Waals surface area contributed by atoms with E-state index in [1.165, 1.54) is 0 Å². The second-order valence-electron chi connectivity index (χ2n) is 5.34. The molecule has 1 aliphatic heterocycles. The summed E-state index contributed by atoms with van der Waals surface area (Å²) in [6, 6.07) is 8.94. The Bertz CT molecular complexity index is 853. The van der Waals surface area contributed by atoms with Crippen LogP contribution in [0.4, 0.5) is 0 Å². The first-order valence-corrected chi connectivity index (χ1v) is 7.38. The Morgan fingerprint density at radius 2 is 2.22 bits per heavy atom. The lowest BCUT2D eigenvalue weighted by Crippen LogP contribution is -2.15. The van der Waals surface area contributed by atoms with E-state index in [4.69, 9.17) is 13.9 Å². The van der Waals surface area contributed by atoms with E-state index in [0.29, 0.717) is 41.1 Å². The molecule has 1 atom stereocenters. The molecule has 1 saturated heterocycles. The molecule has 0 bridgehead atoms. The molecule has 0 aliphatic carbocycles. The van der Waals surface area contributed by atoms with Crippen molar-refractivity contribution < 1.29 is 18.7 Å². The van der Waals surface area contributed by atoms with Crippen molar-refractivity contribution in [2.45, 2.75) is 12.5 Å². The van der Waals surface area contributed by atoms with Crippen LogP contribution in [0.25, 0.3) is 22.6 Å². The van der Waals surface area contributed by atoms with Gasteiger partial charge in [-0.2, -0.15) is 0 Å². The highest BCUT2D eigenvalue weighted by Gasteiger charge is 2.18. The van der Waals surface area contributed by atoms with Crippen molar-refractivity contribution in [1.29, 1.82) is 0 Å². The second kappa shape index (κ2) is 5.81. The van der Waals surface area contributed by atoms with Crippen LogP contribution in [-0.4, -0.2) is 35.6 Å². The SMILES string of the molecule is O=Cc1cc(-c2nc3cc(O[C@H]4CCOC4)ccc3o2)ccn1. The topological polar surface area (TPSA) is 74.5 Å². The van der Waals surface area contributed by atoms with Crippen molar-refractivity contribution in [3.8, 4) is 17.2 Å². The number of oxazole rings is 1. The number of hydrogen-bond acceptors (Lipinski definition) is 6. The van der Waals surface area contributed by atoms with Crippen LogP contribution >= 0.6 is 0 Å². The van der Waals surface area contributed by atoms with Gasteiger partial charge in [0.2, 0.25) is 5.89 Å². The Kier molecular flexibility index (Phi) is 3.51. The lowest BCUT2D eigenvalue weighted by atomic mass is 10.2. The van der Waals surface area contributed by atoms with Crippen LogP contribution < -0.4 is 4.74 Å². The maximum Gasteiger partial charge on any atom is 0.227 e. The van der Waals surface area contributed by atoms with Gasteiger partial charge in [0.1, 0.15) is 23.1 Å². The van der Waals surface area contributed by atoms with Gasteiger partial charge >= 0.3 is 0 Å². The lowest BCUT2D eigenvalue weighted by molar-refractivity contribution is 0.111. The van der Waals surface area contributed by atoms with Crippen LogP contribution in [0.15, 0.2) is 40.9 Å². The third-order valence-electron chi connectivity index (χ3n) is 3.70. The molecule has 0 unspecified atom stereocenters. The van der Waals surface area contributed by atoms with Gasteiger partial charge in [-0.25, -0.2) is 4.98 Å². The fourth-order valence-electron chi connectivity index (χ4n) is 2.55. The molecule has 4 rings (SSSR count). The molecule has 23 heavy (non-hydrogen) atoms. The van der Waals surface area contributed by atoms with Crippen LogP contribution in [-0.2, 0) is 4.74 Å². The molecule has 1 aliphatic rings. The first kappa shape index (κ1) is 13.9. The predicted octanol–water partition coefficient (Wildman–Crippen LogP) is 2.87. The molecular formula is C17H14N2O4. The highest BCUT2D eigenvalue weighted by Crippen LogP contribution is 2.28. The zero-order valence-electron chi connectivity index (χ0n) is 12.3. The standard InChI is InChI=1S/C17H14N2O4/c20-9-12-7-11(3-5-18-12)17-19-15-8-13(1-2-16(15)23-17)22-14-4-6-21-10-14/h1-3,5,7-9,14H,4,6,10H2/t14-/m0/s1. The molecule has 2 aromatic heterocycles. The molecule has 6 nitrogen and oxygen atoms in total. The molecule has 0 radical (unpaired) electrons. The van der Waals surface area contributed by atoms with Gasteiger partial charge in [-0.05, 0) is 24.3 Å². The summed E-state index contributed by atoms with van der Waals surface area (Å²) in [6.45, 7) is 1.36. The number of aromatic nitrogens is 2. The molecule has 116 valence electrons. The zero-order valence-corrected chi connectivity index (χ0v) is 12.3. The fourth-order valence-corrected chi connectivity index (χ4v) is 2.55. The molecule has 1 fully saturated rings. The van der Waals surface area contributed by atoms with E-state index in [-0.39, 0.29) is 6.10 Å². The molecule has 0 saturated carbocycles. The number of hydrogen-bond donors (Lipinski definition) is 0. The Balaban J connectivity index is 1.65. The van der Waals surface area contributed by atoms with Crippen molar-refractivity contribution in [3.63, 3.8) is 0 Å². The largest absolute Gasteiger partial charge is 0.488 e. The number of carbonyl (C=O) groups excluding carboxylic acids is 1. The van der Waals surface area contributed by atoms with Crippen molar-refractivity contribution in [2.24, 2.45) is 0 Å². The Labute approximate surface area is 132 Å². The Morgan fingerprint density at radius 3 is 3.04 bits per heavy atom. The number of aldehydes is 1. The van der Waals surface area contributed by atoms with Crippen molar-refractivity contribution in [3.05, 3.63) is 42.2 Å². The minimum absolute atomic E-state index is 0.0918. The number of carbonyl (C=O) groups is 1. The summed E-state index contributed by atoms with van der Waals surface area (Å²) in [4.78, 5) is 19.2. The maximum absolute atomic E-state index is 10.8. The van der Waals surface area contributed by atoms with Gasteiger partial charge in [0.25, 0.3) is 0 Å². The van der Waals surface area contributed by atoms with Crippen molar-refractivity contribution in [2.75, 3.05) is 13.2 Å². The molecule has 3 aromatic rings. The average Bonchev–Trinajstić information content (AvgIpc) is 3.24. The third kappa shape index (κ3) is 2.80. The second-order valence-corrected chi connectivity index (χ2v) is 5.34. The maximum atomic E-state index is 10.8. The molecule has 3 heterocycles. The first-order chi connectivity index (χ1) is 11.3. The number of ether oxygens (including phenoxy) is 2. The summed E-state index contributed by atoms with van der Waals surface area (Å²) in [5.41, 5.74) is 2.43. The normalized spacial score (nSPS) is 17.5. The zero-order chi connectivity index (χ0) is 15.6. The minimum Gasteiger partial charge on any atom is -0.488 e. The smallest absolute Gasteiger partial charge is 0.227 e. The van der Waals surface area contributed by atoms with E-state index in [1.807, 2.05) is 18.2 Å². The minimum atomic E-state index is 0.0918. The number of benzene rings is 1. The summed E-state index contributed by atoms with van der Waals surface area (Å²) in [7, 11) is 0. The summed E-state index contributed by atoms with van der Waals surface area (Å²) in [5, 5.41) is 0. The van der Waals surface area contributed by atoms with Gasteiger partial charge < -0.3 is 13.9 Å². The van der Waals surface area contributed by atoms with E-state index in [0.717, 1.165) is 18.8 Å². The lowest BCUT2D eigenvalue weighted by Gasteiger charge is -2.10. The summed E-state index contributed by atoms with van der Waals surface area (Å²) in [5.74, 6) is 1.20. The van der Waals surface area contributed by atoms with Gasteiger partial charge in [-0.15, -0.1) is 0 Å². The van der Waals surface area contributed by atoms with Crippen molar-refractivity contribution in [1.82, 2.24) is 9.97 Å². The van der Waals surface area contributed by atoms with Gasteiger partial charge in [-0.1, -0.05) is 0 Å². The molecule has 0 amide bonds. The van der Waals surface area contributed by atoms with E-state index < -0.39 is 0 Å². The molecule has 0 spiro atoms. The van der Waals surface area contributed by atoms with Crippen LogP contribution in [0.2, 0.25) is 0 Å². The highest BCUT2D eigenvalue weighted by molar-refractivity contribution is 5.79. The molecule has 0 N–H and O–H groups in total. The number of nitrogens with zero attached hydrogens (tertiary/aromatic N) is 2. The third-order valence-corrected chi connectivity index (χ3v) is 3.70. The van der Waals surface area contributed by atoms with E-state index in [9.17, 15) is 4.79 Å². The van der Waals surface area contributed by atoms with Gasteiger partial charge in [-0.3, -0.25) is 9.78 Å². The Hall–Kier alpha value is -2.73. The molecule has 1 aromatic carbocycles. The summed E-state index contributed by atoms with van der Waals surface area (Å²) < 4.78 is 16.9. The fraction of sp³-hybridized carbons (Fsp3) is 0.235. The number of rotatable bonds is 4. The van der Waals surface area contributed by atoms with Crippen LogP contribution in [0.3, 0.4) is 0 Å². The van der Waals surface area contributed by atoms with E-state index in [1.54, 1.807) is 18.3 Å². The van der Waals surface area contributed by atoms with E-state index in [2.05, 4.69) is 9.97 Å². The predicted molar refractivity (Wildman–Crippen MR) is 82.5 cm³/mol. The Morgan fingerprint density at radius 1 is 1.26 bits per heavy atom. The van der Waals surface area contributed by atoms with Gasteiger partial charge in [0.15, 0.2) is 11.9 Å². The first-order valence-electron chi connectivity index (χ1n) is 7.38. The molecular weight excluding hydrogens is 296 g/mol. The number of pyridine rings is 1. The number of fused-ring (bicyclic) bond motifs is 1. The van der Waals surface area contributed by atoms with Crippen molar-refractivity contribution >= 4 is 17.4 Å². The van der Waals surface area contributed by atoms with Gasteiger partial charge in [0.05, 0.1) is 13.2 Å². The summed E-state index contributed by atoms with van der Waals surface area (Å²) >= 11 is 0. The monoisotopic (exact) mass is 310 g/mol. The van der Waals surface area contributed by atoms with Gasteiger partial charge in [0, 0.05) is 24.2 Å². The summed E-state index contributed by atoms with van der Waals surface area (Å²) in [6.07, 6.45) is 3.24. The van der Waals surface area contributed by atoms with Crippen LogP contribution in [0, 0.1) is 0 Å². The average molecular weight is 310 g/mol. The highest BCUT2D eigenvalue weighted by atomic mass is 16.5. The van der Waals surface area contributed by atoms with Crippen LogP contribution in [0.1, 0.15) is 16.9 Å². The molecule has 6 heteroatoms.